The summed E-state index contributed by atoms with van der Waals surface area (Å²) in [5.41, 5.74) is -0.481. The minimum absolute atomic E-state index is 0.0812. The Balaban J connectivity index is 3.55. The molecule has 0 unspecified atom stereocenters. The summed E-state index contributed by atoms with van der Waals surface area (Å²) in [6.07, 6.45) is 1.32. The highest BCUT2D eigenvalue weighted by atomic mass is 32.2. The zero-order valence-corrected chi connectivity index (χ0v) is 12.7. The molecule has 0 fully saturated rings. The van der Waals surface area contributed by atoms with Gasteiger partial charge in [0.1, 0.15) is 5.60 Å². The number of hydrogen-bond acceptors (Lipinski definition) is 4. The van der Waals surface area contributed by atoms with Crippen molar-refractivity contribution in [1.29, 1.82) is 0 Å². The van der Waals surface area contributed by atoms with Crippen LogP contribution in [0.5, 0.6) is 0 Å². The Morgan fingerprint density at radius 3 is 2.44 bits per heavy atom. The van der Waals surface area contributed by atoms with E-state index in [0.29, 0.717) is 6.54 Å². The van der Waals surface area contributed by atoms with Crippen LogP contribution in [0.1, 0.15) is 47.0 Å². The second-order valence-electron chi connectivity index (χ2n) is 4.99. The fourth-order valence-electron chi connectivity index (χ4n) is 1.24. The lowest BCUT2D eigenvalue weighted by molar-refractivity contribution is -0.155. The summed E-state index contributed by atoms with van der Waals surface area (Å²) in [4.78, 5) is 22.8. The first-order valence-electron chi connectivity index (χ1n) is 6.41. The summed E-state index contributed by atoms with van der Waals surface area (Å²) in [5.74, 6) is 1.76. The van der Waals surface area contributed by atoms with Gasteiger partial charge in [0, 0.05) is 13.0 Å². The van der Waals surface area contributed by atoms with Crippen LogP contribution in [0.25, 0.3) is 0 Å². The standard InChI is InChI=1S/C13H25NO3S/c1-5-18-10-6-9-14-11(15)7-8-12(16)17-13(2,3)4/h5-10H2,1-4H3,(H,14,15). The molecule has 0 heterocycles. The second-order valence-corrected chi connectivity index (χ2v) is 6.38. The monoisotopic (exact) mass is 275 g/mol. The van der Waals surface area contributed by atoms with Crippen LogP contribution in [0.2, 0.25) is 0 Å². The summed E-state index contributed by atoms with van der Waals surface area (Å²) in [7, 11) is 0. The summed E-state index contributed by atoms with van der Waals surface area (Å²) in [5, 5.41) is 2.80. The smallest absolute Gasteiger partial charge is 0.306 e. The highest BCUT2D eigenvalue weighted by Crippen LogP contribution is 2.09. The summed E-state index contributed by atoms with van der Waals surface area (Å²) in [6.45, 7) is 8.24. The Labute approximate surface area is 114 Å². The quantitative estimate of drug-likeness (QED) is 0.546. The first-order chi connectivity index (χ1) is 8.35. The third-order valence-corrected chi connectivity index (χ3v) is 2.95. The molecular formula is C13H25NO3S. The van der Waals surface area contributed by atoms with Gasteiger partial charge in [-0.25, -0.2) is 0 Å². The molecular weight excluding hydrogens is 250 g/mol. The number of ether oxygens (including phenoxy) is 1. The molecule has 1 N–H and O–H groups in total. The minimum Gasteiger partial charge on any atom is -0.460 e. The molecule has 0 aliphatic carbocycles. The summed E-state index contributed by atoms with van der Waals surface area (Å²) >= 11 is 1.86. The van der Waals surface area contributed by atoms with Gasteiger partial charge in [-0.3, -0.25) is 9.59 Å². The van der Waals surface area contributed by atoms with Gasteiger partial charge in [0.2, 0.25) is 5.91 Å². The zero-order chi connectivity index (χ0) is 14.0. The van der Waals surface area contributed by atoms with Crippen molar-refractivity contribution in [3.63, 3.8) is 0 Å². The van der Waals surface area contributed by atoms with E-state index in [1.807, 2.05) is 32.5 Å². The van der Waals surface area contributed by atoms with Crippen LogP contribution >= 0.6 is 11.8 Å². The number of thioether (sulfide) groups is 1. The van der Waals surface area contributed by atoms with Crippen molar-refractivity contribution in [3.8, 4) is 0 Å². The van der Waals surface area contributed by atoms with E-state index < -0.39 is 5.60 Å². The van der Waals surface area contributed by atoms with Gasteiger partial charge in [-0.1, -0.05) is 6.92 Å². The van der Waals surface area contributed by atoms with E-state index in [1.54, 1.807) is 0 Å². The van der Waals surface area contributed by atoms with Gasteiger partial charge < -0.3 is 10.1 Å². The van der Waals surface area contributed by atoms with Gasteiger partial charge in [0.15, 0.2) is 0 Å². The third kappa shape index (κ3) is 11.8. The van der Waals surface area contributed by atoms with Crippen molar-refractivity contribution in [2.45, 2.75) is 52.6 Å². The first-order valence-corrected chi connectivity index (χ1v) is 7.57. The van der Waals surface area contributed by atoms with Crippen LogP contribution in [0.15, 0.2) is 0 Å². The van der Waals surface area contributed by atoms with E-state index in [9.17, 15) is 9.59 Å². The molecule has 0 bridgehead atoms. The van der Waals surface area contributed by atoms with Gasteiger partial charge in [-0.2, -0.15) is 11.8 Å². The van der Waals surface area contributed by atoms with Crippen molar-refractivity contribution in [2.75, 3.05) is 18.1 Å². The van der Waals surface area contributed by atoms with Crippen molar-refractivity contribution >= 4 is 23.6 Å². The van der Waals surface area contributed by atoms with Gasteiger partial charge >= 0.3 is 5.97 Å². The van der Waals surface area contributed by atoms with Crippen LogP contribution in [0.3, 0.4) is 0 Å². The highest BCUT2D eigenvalue weighted by molar-refractivity contribution is 7.99. The lowest BCUT2D eigenvalue weighted by atomic mass is 10.2. The fraction of sp³-hybridized carbons (Fsp3) is 0.846. The molecule has 1 amide bonds. The molecule has 4 nitrogen and oxygen atoms in total. The van der Waals surface area contributed by atoms with E-state index in [2.05, 4.69) is 12.2 Å². The third-order valence-electron chi connectivity index (χ3n) is 1.97. The number of carbonyl (C=O) groups excluding carboxylic acids is 2. The van der Waals surface area contributed by atoms with Crippen LogP contribution in [-0.2, 0) is 14.3 Å². The average molecular weight is 275 g/mol. The molecule has 0 radical (unpaired) electrons. The van der Waals surface area contributed by atoms with Crippen molar-refractivity contribution in [1.82, 2.24) is 5.32 Å². The Hall–Kier alpha value is -0.710. The topological polar surface area (TPSA) is 55.4 Å². The molecule has 0 aromatic heterocycles. The maximum atomic E-state index is 11.4. The fourth-order valence-corrected chi connectivity index (χ4v) is 1.88. The Morgan fingerprint density at radius 2 is 1.89 bits per heavy atom. The first kappa shape index (κ1) is 17.3. The summed E-state index contributed by atoms with van der Waals surface area (Å²) < 4.78 is 5.12. The van der Waals surface area contributed by atoms with E-state index >= 15 is 0 Å². The van der Waals surface area contributed by atoms with Crippen LogP contribution in [-0.4, -0.2) is 35.5 Å². The lowest BCUT2D eigenvalue weighted by Crippen LogP contribution is -2.27. The maximum absolute atomic E-state index is 11.4. The predicted molar refractivity (Wildman–Crippen MR) is 75.7 cm³/mol. The Morgan fingerprint density at radius 1 is 1.22 bits per heavy atom. The van der Waals surface area contributed by atoms with E-state index in [1.165, 1.54) is 0 Å². The minimum atomic E-state index is -0.481. The second kappa shape index (κ2) is 9.25. The van der Waals surface area contributed by atoms with Gasteiger partial charge in [-0.05, 0) is 38.7 Å². The largest absolute Gasteiger partial charge is 0.460 e. The average Bonchev–Trinajstić information content (AvgIpc) is 2.24. The molecule has 0 aromatic carbocycles. The SMILES string of the molecule is CCSCCCNC(=O)CCC(=O)OC(C)(C)C. The number of carbonyl (C=O) groups is 2. The molecule has 0 atom stereocenters. The van der Waals surface area contributed by atoms with Gasteiger partial charge in [0.25, 0.3) is 0 Å². The molecule has 0 aliphatic heterocycles. The van der Waals surface area contributed by atoms with Gasteiger partial charge in [-0.15, -0.1) is 0 Å². The molecule has 106 valence electrons. The summed E-state index contributed by atoms with van der Waals surface area (Å²) in [6, 6.07) is 0. The number of esters is 1. The van der Waals surface area contributed by atoms with Crippen LogP contribution in [0.4, 0.5) is 0 Å². The normalized spacial score (nSPS) is 11.1. The van der Waals surface area contributed by atoms with Gasteiger partial charge in [0.05, 0.1) is 6.42 Å². The van der Waals surface area contributed by atoms with E-state index in [0.717, 1.165) is 17.9 Å². The molecule has 18 heavy (non-hydrogen) atoms. The lowest BCUT2D eigenvalue weighted by Gasteiger charge is -2.19. The molecule has 0 saturated heterocycles. The number of hydrogen-bond donors (Lipinski definition) is 1. The number of amides is 1. The zero-order valence-electron chi connectivity index (χ0n) is 11.9. The molecule has 0 saturated carbocycles. The van der Waals surface area contributed by atoms with E-state index in [-0.39, 0.29) is 24.7 Å². The molecule has 0 rings (SSSR count). The predicted octanol–water partition coefficient (Wildman–Crippen LogP) is 2.37. The van der Waals surface area contributed by atoms with Crippen molar-refractivity contribution in [3.05, 3.63) is 0 Å². The Kier molecular flexibility index (Phi) is 8.89. The van der Waals surface area contributed by atoms with Crippen LogP contribution in [0, 0.1) is 0 Å². The Bertz CT molecular complexity index is 261. The van der Waals surface area contributed by atoms with Crippen LogP contribution < -0.4 is 5.32 Å². The molecule has 5 heteroatoms. The molecule has 0 aliphatic rings. The maximum Gasteiger partial charge on any atom is 0.306 e. The number of rotatable bonds is 8. The van der Waals surface area contributed by atoms with Crippen molar-refractivity contribution in [2.24, 2.45) is 0 Å². The molecule has 0 aromatic rings. The van der Waals surface area contributed by atoms with Crippen molar-refractivity contribution < 1.29 is 14.3 Å². The molecule has 0 spiro atoms. The van der Waals surface area contributed by atoms with E-state index in [4.69, 9.17) is 4.74 Å². The highest BCUT2D eigenvalue weighted by Gasteiger charge is 2.16. The number of nitrogens with one attached hydrogen (secondary N) is 1.